The minimum Gasteiger partial charge on any atom is -0.441 e. The van der Waals surface area contributed by atoms with Crippen molar-refractivity contribution in [2.45, 2.75) is 37.8 Å². The second kappa shape index (κ2) is 7.99. The Balaban J connectivity index is 1.26. The van der Waals surface area contributed by atoms with Crippen LogP contribution in [0, 0.1) is 6.92 Å². The van der Waals surface area contributed by atoms with Crippen molar-refractivity contribution in [2.24, 2.45) is 0 Å². The number of nitrogens with one attached hydrogen (secondary N) is 1. The van der Waals surface area contributed by atoms with Gasteiger partial charge in [0.15, 0.2) is 0 Å². The van der Waals surface area contributed by atoms with Crippen LogP contribution in [0.4, 0.5) is 4.79 Å². The van der Waals surface area contributed by atoms with Crippen molar-refractivity contribution in [1.82, 2.24) is 24.6 Å². The first-order valence-electron chi connectivity index (χ1n) is 10.7. The Morgan fingerprint density at radius 2 is 2.03 bits per heavy atom. The van der Waals surface area contributed by atoms with Crippen LogP contribution in [0.1, 0.15) is 35.3 Å². The number of hydrogen-bond acceptors (Lipinski definition) is 5. The van der Waals surface area contributed by atoms with Crippen LogP contribution in [0.15, 0.2) is 12.3 Å². The third kappa shape index (κ3) is 4.28. The molecule has 3 aliphatic heterocycles. The van der Waals surface area contributed by atoms with Gasteiger partial charge in [0.2, 0.25) is 0 Å². The van der Waals surface area contributed by atoms with Crippen LogP contribution in [0.3, 0.4) is 0 Å². The van der Waals surface area contributed by atoms with Gasteiger partial charge in [-0.15, -0.1) is 0 Å². The van der Waals surface area contributed by atoms with Crippen molar-refractivity contribution in [3.8, 4) is 0 Å². The van der Waals surface area contributed by atoms with E-state index in [1.165, 1.54) is 6.42 Å². The Morgan fingerprint density at radius 1 is 1.28 bits per heavy atom. The molecule has 8 nitrogen and oxygen atoms in total. The Hall–Kier alpha value is -2.06. The molecule has 160 valence electrons. The van der Waals surface area contributed by atoms with Crippen molar-refractivity contribution >= 4 is 12.0 Å². The molecule has 0 aliphatic carbocycles. The SMILES string of the molecule is Cc1c[nH]c(C(=O)N2CCC3(CC2)CN(CCN2CC[C@@H](N(C)C)C2)C(=O)O3)c1. The van der Waals surface area contributed by atoms with Crippen LogP contribution < -0.4 is 0 Å². The maximum Gasteiger partial charge on any atom is 0.410 e. The normalized spacial score (nSPS) is 24.7. The van der Waals surface area contributed by atoms with E-state index in [-0.39, 0.29) is 12.0 Å². The number of nitrogens with zero attached hydrogens (tertiary/aromatic N) is 4. The van der Waals surface area contributed by atoms with Gasteiger partial charge in [-0.1, -0.05) is 0 Å². The Morgan fingerprint density at radius 3 is 2.66 bits per heavy atom. The van der Waals surface area contributed by atoms with Gasteiger partial charge in [-0.25, -0.2) is 4.79 Å². The van der Waals surface area contributed by atoms with E-state index in [2.05, 4.69) is 28.9 Å². The molecule has 3 aliphatic rings. The van der Waals surface area contributed by atoms with Gasteiger partial charge in [0.25, 0.3) is 5.91 Å². The molecular formula is C21H33N5O3. The summed E-state index contributed by atoms with van der Waals surface area (Å²) in [4.78, 5) is 36.6. The lowest BCUT2D eigenvalue weighted by atomic mass is 9.91. The van der Waals surface area contributed by atoms with Crippen LogP contribution in [0.5, 0.6) is 0 Å². The van der Waals surface area contributed by atoms with Gasteiger partial charge in [-0.3, -0.25) is 9.69 Å². The fraction of sp³-hybridized carbons (Fsp3) is 0.714. The van der Waals surface area contributed by atoms with Gasteiger partial charge >= 0.3 is 6.09 Å². The molecule has 0 aromatic carbocycles. The predicted octanol–water partition coefficient (Wildman–Crippen LogP) is 1.39. The molecule has 2 amide bonds. The summed E-state index contributed by atoms with van der Waals surface area (Å²) in [6.45, 7) is 7.61. The number of amides is 2. The van der Waals surface area contributed by atoms with Crippen molar-refractivity contribution in [1.29, 1.82) is 0 Å². The van der Waals surface area contributed by atoms with Crippen molar-refractivity contribution in [3.05, 3.63) is 23.5 Å². The van der Waals surface area contributed by atoms with Gasteiger partial charge in [0.1, 0.15) is 11.3 Å². The second-order valence-electron chi connectivity index (χ2n) is 9.06. The first-order valence-corrected chi connectivity index (χ1v) is 10.7. The van der Waals surface area contributed by atoms with E-state index in [1.807, 2.05) is 29.0 Å². The average Bonchev–Trinajstić information content (AvgIpc) is 3.40. The fourth-order valence-corrected chi connectivity index (χ4v) is 4.74. The maximum atomic E-state index is 12.6. The van der Waals surface area contributed by atoms with Crippen LogP contribution >= 0.6 is 0 Å². The number of aryl methyl sites for hydroxylation is 1. The van der Waals surface area contributed by atoms with E-state index < -0.39 is 5.60 Å². The van der Waals surface area contributed by atoms with Gasteiger partial charge in [-0.2, -0.15) is 0 Å². The molecule has 1 N–H and O–H groups in total. The number of likely N-dealkylation sites (N-methyl/N-ethyl adjacent to an activating group) is 1. The highest BCUT2D eigenvalue weighted by atomic mass is 16.6. The molecule has 0 saturated carbocycles. The van der Waals surface area contributed by atoms with Crippen molar-refractivity contribution in [2.75, 3.05) is 59.9 Å². The monoisotopic (exact) mass is 403 g/mol. The number of carbonyl (C=O) groups excluding carboxylic acids is 2. The Kier molecular flexibility index (Phi) is 5.57. The Bertz CT molecular complexity index is 753. The number of carbonyl (C=O) groups is 2. The molecule has 0 bridgehead atoms. The largest absolute Gasteiger partial charge is 0.441 e. The number of aromatic amines is 1. The van der Waals surface area contributed by atoms with Crippen LogP contribution in [0.25, 0.3) is 0 Å². The third-order valence-corrected chi connectivity index (χ3v) is 6.72. The van der Waals surface area contributed by atoms with Crippen LogP contribution in [-0.4, -0.2) is 108 Å². The zero-order valence-corrected chi connectivity index (χ0v) is 17.8. The first kappa shape index (κ1) is 20.2. The lowest BCUT2D eigenvalue weighted by molar-refractivity contribution is 0.00297. The lowest BCUT2D eigenvalue weighted by Crippen LogP contribution is -2.49. The molecule has 29 heavy (non-hydrogen) atoms. The molecule has 3 saturated heterocycles. The summed E-state index contributed by atoms with van der Waals surface area (Å²) >= 11 is 0. The van der Waals surface area contributed by atoms with Crippen LogP contribution in [0.2, 0.25) is 0 Å². The summed E-state index contributed by atoms with van der Waals surface area (Å²) in [5, 5.41) is 0. The predicted molar refractivity (Wildman–Crippen MR) is 110 cm³/mol. The van der Waals surface area contributed by atoms with E-state index in [0.29, 0.717) is 50.8 Å². The quantitative estimate of drug-likeness (QED) is 0.804. The van der Waals surface area contributed by atoms with Crippen molar-refractivity contribution < 1.29 is 14.3 Å². The number of rotatable bonds is 5. The lowest BCUT2D eigenvalue weighted by Gasteiger charge is -2.37. The second-order valence-corrected chi connectivity index (χ2v) is 9.06. The minimum atomic E-state index is -0.434. The summed E-state index contributed by atoms with van der Waals surface area (Å²) in [5.41, 5.74) is 1.25. The van der Waals surface area contributed by atoms with Gasteiger partial charge in [0.05, 0.1) is 6.54 Å². The van der Waals surface area contributed by atoms with E-state index in [4.69, 9.17) is 4.74 Å². The molecule has 8 heteroatoms. The molecule has 1 atom stereocenters. The molecule has 3 fully saturated rings. The molecular weight excluding hydrogens is 370 g/mol. The van der Waals surface area contributed by atoms with E-state index in [1.54, 1.807) is 0 Å². The summed E-state index contributed by atoms with van der Waals surface area (Å²) in [6, 6.07) is 2.49. The number of likely N-dealkylation sites (tertiary alicyclic amines) is 2. The van der Waals surface area contributed by atoms with E-state index in [9.17, 15) is 9.59 Å². The number of piperidine rings is 1. The fourth-order valence-electron chi connectivity index (χ4n) is 4.74. The molecule has 1 aromatic rings. The smallest absolute Gasteiger partial charge is 0.410 e. The standard InChI is InChI=1S/C21H33N5O3/c1-16-12-18(22-13-16)19(27)25-8-5-21(6-9-25)15-26(20(28)29-21)11-10-24-7-4-17(14-24)23(2)3/h12-13,17,22H,4-11,14-15H2,1-3H3/t17-/m1/s1. The number of ether oxygens (including phenoxy) is 1. The molecule has 4 heterocycles. The minimum absolute atomic E-state index is 0.0265. The summed E-state index contributed by atoms with van der Waals surface area (Å²) in [7, 11) is 4.26. The zero-order chi connectivity index (χ0) is 20.6. The summed E-state index contributed by atoms with van der Waals surface area (Å²) in [6.07, 6.45) is 4.23. The van der Waals surface area contributed by atoms with Crippen molar-refractivity contribution in [3.63, 3.8) is 0 Å². The average molecular weight is 404 g/mol. The molecule has 4 rings (SSSR count). The van der Waals surface area contributed by atoms with Gasteiger partial charge < -0.3 is 24.4 Å². The zero-order valence-electron chi connectivity index (χ0n) is 17.8. The Labute approximate surface area is 172 Å². The molecule has 1 aromatic heterocycles. The first-order chi connectivity index (χ1) is 13.8. The molecule has 1 spiro atoms. The van der Waals surface area contributed by atoms with E-state index in [0.717, 1.165) is 25.2 Å². The highest BCUT2D eigenvalue weighted by molar-refractivity contribution is 5.92. The summed E-state index contributed by atoms with van der Waals surface area (Å²) in [5.74, 6) is 0.0265. The molecule has 0 unspecified atom stereocenters. The van der Waals surface area contributed by atoms with E-state index >= 15 is 0 Å². The number of hydrogen-bond donors (Lipinski definition) is 1. The maximum absolute atomic E-state index is 12.6. The van der Waals surface area contributed by atoms with Gasteiger partial charge in [0, 0.05) is 57.8 Å². The highest BCUT2D eigenvalue weighted by Gasteiger charge is 2.47. The molecule has 0 radical (unpaired) electrons. The number of aromatic nitrogens is 1. The highest BCUT2D eigenvalue weighted by Crippen LogP contribution is 2.33. The van der Waals surface area contributed by atoms with Gasteiger partial charge in [-0.05, 0) is 45.6 Å². The third-order valence-electron chi connectivity index (χ3n) is 6.72. The van der Waals surface area contributed by atoms with Crippen LogP contribution in [-0.2, 0) is 4.74 Å². The summed E-state index contributed by atoms with van der Waals surface area (Å²) < 4.78 is 5.83. The number of H-pyrrole nitrogens is 1. The topological polar surface area (TPSA) is 72.1 Å².